The molecule has 2 aromatic carbocycles. The van der Waals surface area contributed by atoms with Crippen LogP contribution in [0, 0.1) is 6.92 Å². The fraction of sp³-hybridized carbons (Fsp3) is 0.182. The average Bonchev–Trinajstić information content (AvgIpc) is 3.19. The number of aliphatic hydroxyl groups is 1. The number of carbonyl (C=O) groups is 2. The monoisotopic (exact) mass is 439 g/mol. The molecule has 1 aliphatic heterocycles. The van der Waals surface area contributed by atoms with E-state index in [1.54, 1.807) is 31.2 Å². The van der Waals surface area contributed by atoms with Crippen molar-refractivity contribution in [1.82, 2.24) is 0 Å². The number of furan rings is 1. The molecule has 0 aliphatic carbocycles. The van der Waals surface area contributed by atoms with Gasteiger partial charge in [0.25, 0.3) is 5.91 Å². The van der Waals surface area contributed by atoms with Crippen molar-refractivity contribution in [3.8, 4) is 0 Å². The lowest BCUT2D eigenvalue weighted by molar-refractivity contribution is -0.136. The molecule has 1 atom stereocenters. The summed E-state index contributed by atoms with van der Waals surface area (Å²) in [6.45, 7) is 2.05. The van der Waals surface area contributed by atoms with Crippen LogP contribution in [0.2, 0.25) is 0 Å². The third-order valence-electron chi connectivity index (χ3n) is 4.91. The molecule has 5 nitrogen and oxygen atoms in total. The van der Waals surface area contributed by atoms with E-state index in [2.05, 4.69) is 15.9 Å². The molecule has 4 rings (SSSR count). The molecular weight excluding hydrogens is 422 g/mol. The highest BCUT2D eigenvalue weighted by molar-refractivity contribution is 9.10. The molecule has 0 fully saturated rings. The lowest BCUT2D eigenvalue weighted by Crippen LogP contribution is -2.41. The van der Waals surface area contributed by atoms with E-state index in [0.29, 0.717) is 23.6 Å². The summed E-state index contributed by atoms with van der Waals surface area (Å²) < 4.78 is 6.10. The van der Waals surface area contributed by atoms with Crippen LogP contribution in [0.25, 0.3) is 0 Å². The summed E-state index contributed by atoms with van der Waals surface area (Å²) in [5.41, 5.74) is 0.00967. The van der Waals surface area contributed by atoms with E-state index in [1.165, 1.54) is 4.90 Å². The van der Waals surface area contributed by atoms with Gasteiger partial charge in [-0.1, -0.05) is 46.3 Å². The molecule has 2 heterocycles. The Balaban J connectivity index is 1.72. The van der Waals surface area contributed by atoms with Crippen molar-refractivity contribution in [2.45, 2.75) is 25.5 Å². The number of hydrogen-bond acceptors (Lipinski definition) is 4. The van der Waals surface area contributed by atoms with Crippen molar-refractivity contribution in [3.05, 3.63) is 87.8 Å². The number of aryl methyl sites for hydroxylation is 1. The maximum atomic E-state index is 13.2. The minimum absolute atomic E-state index is 0.136. The summed E-state index contributed by atoms with van der Waals surface area (Å²) >= 11 is 3.39. The zero-order valence-electron chi connectivity index (χ0n) is 15.2. The second-order valence-electron chi connectivity index (χ2n) is 6.91. The van der Waals surface area contributed by atoms with Crippen LogP contribution in [0.3, 0.4) is 0 Å². The molecule has 0 radical (unpaired) electrons. The molecule has 28 heavy (non-hydrogen) atoms. The first-order valence-corrected chi connectivity index (χ1v) is 9.66. The van der Waals surface area contributed by atoms with E-state index in [1.807, 2.05) is 36.4 Å². The summed E-state index contributed by atoms with van der Waals surface area (Å²) in [6.07, 6.45) is -0.381. The number of nitrogens with zero attached hydrogens (tertiary/aromatic N) is 1. The van der Waals surface area contributed by atoms with Gasteiger partial charge in [0.15, 0.2) is 11.4 Å². The van der Waals surface area contributed by atoms with E-state index in [9.17, 15) is 14.7 Å². The zero-order valence-corrected chi connectivity index (χ0v) is 16.8. The van der Waals surface area contributed by atoms with Gasteiger partial charge >= 0.3 is 0 Å². The van der Waals surface area contributed by atoms with E-state index >= 15 is 0 Å². The van der Waals surface area contributed by atoms with Crippen LogP contribution in [-0.4, -0.2) is 16.8 Å². The number of amides is 1. The van der Waals surface area contributed by atoms with E-state index in [-0.39, 0.29) is 12.2 Å². The molecule has 3 aromatic rings. The number of fused-ring (bicyclic) bond motifs is 1. The highest BCUT2D eigenvalue weighted by Gasteiger charge is 2.51. The first-order chi connectivity index (χ1) is 13.4. The molecule has 0 bridgehead atoms. The van der Waals surface area contributed by atoms with Crippen LogP contribution in [0.15, 0.2) is 69.6 Å². The number of ketones is 1. The average molecular weight is 440 g/mol. The number of hydrogen-bond donors (Lipinski definition) is 1. The largest absolute Gasteiger partial charge is 0.458 e. The van der Waals surface area contributed by atoms with Crippen LogP contribution < -0.4 is 4.90 Å². The maximum Gasteiger partial charge on any atom is 0.264 e. The molecule has 1 amide bonds. The highest BCUT2D eigenvalue weighted by Crippen LogP contribution is 2.44. The van der Waals surface area contributed by atoms with Crippen molar-refractivity contribution in [3.63, 3.8) is 0 Å². The van der Waals surface area contributed by atoms with Gasteiger partial charge in [-0.3, -0.25) is 9.59 Å². The number of anilines is 1. The second kappa shape index (κ2) is 7.04. The van der Waals surface area contributed by atoms with Crippen LogP contribution in [0.5, 0.6) is 0 Å². The Morgan fingerprint density at radius 1 is 1.14 bits per heavy atom. The SMILES string of the molecule is Cc1ccc(C(=O)C[C@@]2(O)C(=O)N(Cc3ccccc3)c3ccc(Br)cc32)o1. The van der Waals surface area contributed by atoms with Gasteiger partial charge in [0, 0.05) is 10.0 Å². The Morgan fingerprint density at radius 2 is 1.89 bits per heavy atom. The molecule has 0 saturated heterocycles. The number of benzene rings is 2. The number of carbonyl (C=O) groups excluding carboxylic acids is 2. The van der Waals surface area contributed by atoms with Gasteiger partial charge < -0.3 is 14.4 Å². The number of rotatable bonds is 5. The normalized spacial score (nSPS) is 18.4. The third-order valence-corrected chi connectivity index (χ3v) is 5.40. The fourth-order valence-corrected chi connectivity index (χ4v) is 3.88. The van der Waals surface area contributed by atoms with Gasteiger partial charge in [0.05, 0.1) is 18.7 Å². The van der Waals surface area contributed by atoms with Crippen LogP contribution in [0.1, 0.15) is 33.9 Å². The quantitative estimate of drug-likeness (QED) is 0.599. The minimum Gasteiger partial charge on any atom is -0.458 e. The van der Waals surface area contributed by atoms with Crippen LogP contribution >= 0.6 is 15.9 Å². The van der Waals surface area contributed by atoms with Gasteiger partial charge in [-0.25, -0.2) is 0 Å². The standard InChI is InChI=1S/C22H18BrNO4/c1-14-7-10-20(28-14)19(25)12-22(27)17-11-16(23)8-9-18(17)24(21(22)26)13-15-5-3-2-4-6-15/h2-11,27H,12-13H2,1H3/t22-/m0/s1. The first-order valence-electron chi connectivity index (χ1n) is 8.86. The second-order valence-corrected chi connectivity index (χ2v) is 7.82. The predicted octanol–water partition coefficient (Wildman–Crippen LogP) is 4.36. The van der Waals surface area contributed by atoms with Crippen molar-refractivity contribution < 1.29 is 19.1 Å². The van der Waals surface area contributed by atoms with Crippen LogP contribution in [-0.2, 0) is 16.9 Å². The number of halogens is 1. The Bertz CT molecular complexity index is 1060. The van der Waals surface area contributed by atoms with E-state index < -0.39 is 17.3 Å². The van der Waals surface area contributed by atoms with Crippen molar-refractivity contribution in [1.29, 1.82) is 0 Å². The van der Waals surface area contributed by atoms with Crippen molar-refractivity contribution in [2.75, 3.05) is 4.90 Å². The summed E-state index contributed by atoms with van der Waals surface area (Å²) in [4.78, 5) is 27.5. The summed E-state index contributed by atoms with van der Waals surface area (Å²) in [6, 6.07) is 18.1. The molecule has 0 saturated carbocycles. The molecule has 1 aromatic heterocycles. The maximum absolute atomic E-state index is 13.2. The Labute approximate surface area is 170 Å². The van der Waals surface area contributed by atoms with Crippen molar-refractivity contribution >= 4 is 33.3 Å². The summed E-state index contributed by atoms with van der Waals surface area (Å²) in [7, 11) is 0. The van der Waals surface area contributed by atoms with Gasteiger partial charge in [0.1, 0.15) is 5.76 Å². The fourth-order valence-electron chi connectivity index (χ4n) is 3.52. The Morgan fingerprint density at radius 3 is 2.57 bits per heavy atom. The Hall–Kier alpha value is -2.70. The van der Waals surface area contributed by atoms with E-state index in [4.69, 9.17) is 4.42 Å². The molecule has 1 N–H and O–H groups in total. The molecule has 0 spiro atoms. The van der Waals surface area contributed by atoms with Crippen LogP contribution in [0.4, 0.5) is 5.69 Å². The van der Waals surface area contributed by atoms with Crippen molar-refractivity contribution in [2.24, 2.45) is 0 Å². The van der Waals surface area contributed by atoms with Gasteiger partial charge in [-0.05, 0) is 42.8 Å². The zero-order chi connectivity index (χ0) is 19.9. The first kappa shape index (κ1) is 18.7. The molecular formula is C22H18BrNO4. The van der Waals surface area contributed by atoms with Gasteiger partial charge in [-0.2, -0.15) is 0 Å². The lowest BCUT2D eigenvalue weighted by atomic mass is 9.89. The number of Topliss-reactive ketones (excluding diaryl/α,β-unsaturated/α-hetero) is 1. The van der Waals surface area contributed by atoms with Gasteiger partial charge in [0.2, 0.25) is 5.78 Å². The smallest absolute Gasteiger partial charge is 0.264 e. The van der Waals surface area contributed by atoms with Gasteiger partial charge in [-0.15, -0.1) is 0 Å². The molecule has 142 valence electrons. The molecule has 0 unspecified atom stereocenters. The molecule has 1 aliphatic rings. The third kappa shape index (κ3) is 3.19. The summed E-state index contributed by atoms with van der Waals surface area (Å²) in [5.74, 6) is -0.198. The van der Waals surface area contributed by atoms with E-state index in [0.717, 1.165) is 10.0 Å². The Kier molecular flexibility index (Phi) is 4.69. The highest BCUT2D eigenvalue weighted by atomic mass is 79.9. The summed E-state index contributed by atoms with van der Waals surface area (Å²) in [5, 5.41) is 11.3. The predicted molar refractivity (Wildman–Crippen MR) is 108 cm³/mol. The topological polar surface area (TPSA) is 70.8 Å². The lowest BCUT2D eigenvalue weighted by Gasteiger charge is -2.22. The minimum atomic E-state index is -1.94. The molecule has 6 heteroatoms.